The number of carbonyl (C=O) groups is 1. The summed E-state index contributed by atoms with van der Waals surface area (Å²) >= 11 is 6.66. The van der Waals surface area contributed by atoms with E-state index in [9.17, 15) is 4.79 Å². The van der Waals surface area contributed by atoms with Crippen molar-refractivity contribution in [3.8, 4) is 0 Å². The normalized spacial score (nSPS) is 16.7. The van der Waals surface area contributed by atoms with Gasteiger partial charge in [-0.25, -0.2) is 0 Å². The van der Waals surface area contributed by atoms with Gasteiger partial charge in [-0.3, -0.25) is 9.69 Å². The van der Waals surface area contributed by atoms with Crippen LogP contribution < -0.4 is 4.90 Å². The van der Waals surface area contributed by atoms with Gasteiger partial charge in [-0.1, -0.05) is 36.1 Å². The Morgan fingerprint density at radius 3 is 2.59 bits per heavy atom. The summed E-state index contributed by atoms with van der Waals surface area (Å²) in [6.07, 6.45) is 2.68. The molecule has 1 aliphatic heterocycles. The summed E-state index contributed by atoms with van der Waals surface area (Å²) in [5.74, 6) is -0.0113. The Morgan fingerprint density at radius 1 is 1.32 bits per heavy atom. The molecule has 1 saturated heterocycles. The molecule has 4 nitrogen and oxygen atoms in total. The minimum absolute atomic E-state index is 0.0113. The maximum absolute atomic E-state index is 12.4. The van der Waals surface area contributed by atoms with Crippen molar-refractivity contribution in [2.75, 3.05) is 39.3 Å². The highest BCUT2D eigenvalue weighted by Crippen LogP contribution is 2.32. The van der Waals surface area contributed by atoms with Gasteiger partial charge < -0.3 is 9.64 Å². The second-order valence-corrected chi connectivity index (χ2v) is 6.84. The van der Waals surface area contributed by atoms with Crippen molar-refractivity contribution in [3.63, 3.8) is 0 Å². The topological polar surface area (TPSA) is 32.8 Å². The van der Waals surface area contributed by atoms with E-state index in [1.807, 2.05) is 49.3 Å². The first-order chi connectivity index (χ1) is 10.5. The van der Waals surface area contributed by atoms with Crippen molar-refractivity contribution in [1.82, 2.24) is 4.90 Å². The minimum atomic E-state index is -0.0113. The SMILES string of the molecule is COCCCN1C(=O)C(=Cc2ccc(N(C)C)cc2)SC1=S. The van der Waals surface area contributed by atoms with Crippen LogP contribution in [0.4, 0.5) is 5.69 Å². The molecule has 0 unspecified atom stereocenters. The lowest BCUT2D eigenvalue weighted by molar-refractivity contribution is -0.122. The number of hydrogen-bond acceptors (Lipinski definition) is 5. The molecule has 118 valence electrons. The average molecular weight is 336 g/mol. The number of methoxy groups -OCH3 is 1. The molecule has 2 rings (SSSR count). The monoisotopic (exact) mass is 336 g/mol. The van der Waals surface area contributed by atoms with Crippen LogP contribution in [0.15, 0.2) is 29.2 Å². The maximum atomic E-state index is 12.4. The van der Waals surface area contributed by atoms with Gasteiger partial charge in [-0.05, 0) is 30.2 Å². The number of hydrogen-bond donors (Lipinski definition) is 0. The molecular weight excluding hydrogens is 316 g/mol. The quantitative estimate of drug-likeness (QED) is 0.453. The zero-order valence-corrected chi connectivity index (χ0v) is 14.7. The fourth-order valence-corrected chi connectivity index (χ4v) is 3.39. The van der Waals surface area contributed by atoms with Crippen molar-refractivity contribution in [3.05, 3.63) is 34.7 Å². The average Bonchev–Trinajstić information content (AvgIpc) is 2.75. The van der Waals surface area contributed by atoms with E-state index in [0.29, 0.717) is 22.4 Å². The molecule has 0 spiro atoms. The summed E-state index contributed by atoms with van der Waals surface area (Å²) in [5, 5.41) is 0. The van der Waals surface area contributed by atoms with E-state index in [1.165, 1.54) is 11.8 Å². The minimum Gasteiger partial charge on any atom is -0.385 e. The van der Waals surface area contributed by atoms with Crippen molar-refractivity contribution in [2.45, 2.75) is 6.42 Å². The molecule has 0 atom stereocenters. The van der Waals surface area contributed by atoms with Crippen molar-refractivity contribution < 1.29 is 9.53 Å². The van der Waals surface area contributed by atoms with Crippen molar-refractivity contribution >= 4 is 46.0 Å². The number of rotatable bonds is 6. The first-order valence-corrected chi connectivity index (χ1v) is 8.27. The Bertz CT molecular complexity index is 582. The number of thiocarbonyl (C=S) groups is 1. The van der Waals surface area contributed by atoms with Gasteiger partial charge >= 0.3 is 0 Å². The lowest BCUT2D eigenvalue weighted by Gasteiger charge is -2.13. The maximum Gasteiger partial charge on any atom is 0.266 e. The van der Waals surface area contributed by atoms with Crippen molar-refractivity contribution in [1.29, 1.82) is 0 Å². The Labute approximate surface area is 141 Å². The molecule has 0 saturated carbocycles. The predicted molar refractivity (Wildman–Crippen MR) is 97.1 cm³/mol. The van der Waals surface area contributed by atoms with E-state index in [2.05, 4.69) is 0 Å². The lowest BCUT2D eigenvalue weighted by Crippen LogP contribution is -2.29. The molecule has 0 radical (unpaired) electrons. The van der Waals surface area contributed by atoms with Crippen LogP contribution in [0.2, 0.25) is 0 Å². The molecule has 1 amide bonds. The largest absolute Gasteiger partial charge is 0.385 e. The second-order valence-electron chi connectivity index (χ2n) is 5.17. The van der Waals surface area contributed by atoms with Gasteiger partial charge in [-0.15, -0.1) is 0 Å². The Balaban J connectivity index is 2.08. The van der Waals surface area contributed by atoms with E-state index >= 15 is 0 Å². The highest BCUT2D eigenvalue weighted by Gasteiger charge is 2.31. The summed E-state index contributed by atoms with van der Waals surface area (Å²) in [7, 11) is 5.65. The summed E-state index contributed by atoms with van der Waals surface area (Å²) in [6.45, 7) is 1.23. The molecule has 1 aromatic rings. The van der Waals surface area contributed by atoms with Gasteiger partial charge in [0.15, 0.2) is 0 Å². The molecule has 1 fully saturated rings. The number of thioether (sulfide) groups is 1. The Kier molecular flexibility index (Phi) is 5.99. The number of amides is 1. The summed E-state index contributed by atoms with van der Waals surface area (Å²) in [4.78, 5) is 16.8. The van der Waals surface area contributed by atoms with Gasteiger partial charge in [0.05, 0.1) is 4.91 Å². The van der Waals surface area contributed by atoms with Gasteiger partial charge in [0.1, 0.15) is 4.32 Å². The third-order valence-corrected chi connectivity index (χ3v) is 4.69. The van der Waals surface area contributed by atoms with Crippen LogP contribution >= 0.6 is 24.0 Å². The van der Waals surface area contributed by atoms with E-state index < -0.39 is 0 Å². The summed E-state index contributed by atoms with van der Waals surface area (Å²) in [5.41, 5.74) is 2.13. The molecule has 0 aromatic heterocycles. The number of anilines is 1. The molecular formula is C16H20N2O2S2. The number of nitrogens with zero attached hydrogens (tertiary/aromatic N) is 2. The molecule has 22 heavy (non-hydrogen) atoms. The van der Waals surface area contributed by atoms with Gasteiger partial charge in [0.25, 0.3) is 5.91 Å². The fourth-order valence-electron chi connectivity index (χ4n) is 2.08. The number of ether oxygens (including phenoxy) is 1. The smallest absolute Gasteiger partial charge is 0.266 e. The molecule has 6 heteroatoms. The molecule has 1 heterocycles. The summed E-state index contributed by atoms with van der Waals surface area (Å²) < 4.78 is 5.64. The summed E-state index contributed by atoms with van der Waals surface area (Å²) in [6, 6.07) is 8.08. The fraction of sp³-hybridized carbons (Fsp3) is 0.375. The van der Waals surface area contributed by atoms with Crippen molar-refractivity contribution in [2.24, 2.45) is 0 Å². The zero-order chi connectivity index (χ0) is 16.1. The van der Waals surface area contributed by atoms with Gasteiger partial charge in [-0.2, -0.15) is 0 Å². The van der Waals surface area contributed by atoms with Crippen LogP contribution in [0.5, 0.6) is 0 Å². The molecule has 0 aliphatic carbocycles. The van der Waals surface area contributed by atoms with Gasteiger partial charge in [0.2, 0.25) is 0 Å². The van der Waals surface area contributed by atoms with Crippen LogP contribution in [0.3, 0.4) is 0 Å². The van der Waals surface area contributed by atoms with E-state index in [-0.39, 0.29) is 5.91 Å². The Hall–Kier alpha value is -1.37. The molecule has 0 bridgehead atoms. The van der Waals surface area contributed by atoms with Gasteiger partial charge in [0, 0.05) is 40.0 Å². The molecule has 0 N–H and O–H groups in total. The lowest BCUT2D eigenvalue weighted by atomic mass is 10.2. The number of benzene rings is 1. The van der Waals surface area contributed by atoms with Crippen LogP contribution in [-0.2, 0) is 9.53 Å². The second kappa shape index (κ2) is 7.76. The zero-order valence-electron chi connectivity index (χ0n) is 13.0. The first-order valence-electron chi connectivity index (χ1n) is 7.04. The molecule has 1 aromatic carbocycles. The van der Waals surface area contributed by atoms with E-state index in [1.54, 1.807) is 12.0 Å². The highest BCUT2D eigenvalue weighted by atomic mass is 32.2. The molecule has 1 aliphatic rings. The van der Waals surface area contributed by atoms with Crippen LogP contribution in [0, 0.1) is 0 Å². The first kappa shape index (κ1) is 17.0. The van der Waals surface area contributed by atoms with Crippen LogP contribution in [0.1, 0.15) is 12.0 Å². The predicted octanol–water partition coefficient (Wildman–Crippen LogP) is 2.99. The standard InChI is InChI=1S/C16H20N2O2S2/c1-17(2)13-7-5-12(6-8-13)11-14-15(19)18(16(21)22-14)9-4-10-20-3/h5-8,11H,4,9-10H2,1-3H3. The Morgan fingerprint density at radius 2 is 2.00 bits per heavy atom. The third-order valence-electron chi connectivity index (χ3n) is 3.31. The van der Waals surface area contributed by atoms with E-state index in [0.717, 1.165) is 17.7 Å². The highest BCUT2D eigenvalue weighted by molar-refractivity contribution is 8.26. The van der Waals surface area contributed by atoms with E-state index in [4.69, 9.17) is 17.0 Å². The van der Waals surface area contributed by atoms with Crippen LogP contribution in [0.25, 0.3) is 6.08 Å². The number of carbonyl (C=O) groups excluding carboxylic acids is 1. The van der Waals surface area contributed by atoms with Crippen LogP contribution in [-0.4, -0.2) is 49.5 Å². The third kappa shape index (κ3) is 4.09.